The predicted molar refractivity (Wildman–Crippen MR) is 84.9 cm³/mol. The average molecular weight is 281 g/mol. The van der Waals surface area contributed by atoms with Crippen molar-refractivity contribution in [2.45, 2.75) is 38.1 Å². The summed E-state index contributed by atoms with van der Waals surface area (Å²) < 4.78 is 0. The summed E-state index contributed by atoms with van der Waals surface area (Å²) in [6.45, 7) is 0. The first-order valence-corrected chi connectivity index (χ1v) is 8.22. The SMILES string of the molecule is CNC(CC1CC2CCC1C2)c1cnc2ccccc2n1. The molecular weight excluding hydrogens is 258 g/mol. The summed E-state index contributed by atoms with van der Waals surface area (Å²) in [5.41, 5.74) is 3.08. The molecule has 2 aliphatic rings. The maximum Gasteiger partial charge on any atom is 0.0890 e. The number of hydrogen-bond acceptors (Lipinski definition) is 3. The van der Waals surface area contributed by atoms with E-state index in [0.717, 1.165) is 34.5 Å². The van der Waals surface area contributed by atoms with Gasteiger partial charge in [-0.15, -0.1) is 0 Å². The highest BCUT2D eigenvalue weighted by Crippen LogP contribution is 2.50. The molecule has 4 rings (SSSR count). The molecule has 21 heavy (non-hydrogen) atoms. The van der Waals surface area contributed by atoms with Gasteiger partial charge in [-0.05, 0) is 62.6 Å². The number of benzene rings is 1. The Balaban J connectivity index is 1.56. The highest BCUT2D eigenvalue weighted by atomic mass is 14.9. The summed E-state index contributed by atoms with van der Waals surface area (Å²) >= 11 is 0. The molecule has 110 valence electrons. The molecule has 3 nitrogen and oxygen atoms in total. The molecule has 1 aromatic heterocycles. The molecule has 0 amide bonds. The molecule has 1 N–H and O–H groups in total. The minimum Gasteiger partial charge on any atom is -0.312 e. The van der Waals surface area contributed by atoms with Gasteiger partial charge in [-0.25, -0.2) is 4.98 Å². The summed E-state index contributed by atoms with van der Waals surface area (Å²) in [4.78, 5) is 9.40. The van der Waals surface area contributed by atoms with Gasteiger partial charge in [-0.2, -0.15) is 0 Å². The van der Waals surface area contributed by atoms with Gasteiger partial charge in [0.15, 0.2) is 0 Å². The maximum atomic E-state index is 4.83. The lowest BCUT2D eigenvalue weighted by molar-refractivity contribution is 0.282. The molecule has 4 atom stereocenters. The van der Waals surface area contributed by atoms with E-state index in [1.165, 1.54) is 32.1 Å². The van der Waals surface area contributed by atoms with Crippen LogP contribution in [0, 0.1) is 17.8 Å². The quantitative estimate of drug-likeness (QED) is 0.928. The fraction of sp³-hybridized carbons (Fsp3) is 0.556. The van der Waals surface area contributed by atoms with Crippen LogP contribution in [0.25, 0.3) is 11.0 Å². The van der Waals surface area contributed by atoms with E-state index in [-0.39, 0.29) is 0 Å². The minimum absolute atomic E-state index is 0.339. The number of hydrogen-bond donors (Lipinski definition) is 1. The number of nitrogens with one attached hydrogen (secondary N) is 1. The Bertz CT molecular complexity index is 639. The van der Waals surface area contributed by atoms with Gasteiger partial charge in [0.25, 0.3) is 0 Å². The van der Waals surface area contributed by atoms with Crippen molar-refractivity contribution in [2.75, 3.05) is 7.05 Å². The van der Waals surface area contributed by atoms with E-state index in [1.807, 2.05) is 24.4 Å². The van der Waals surface area contributed by atoms with Gasteiger partial charge in [0.05, 0.1) is 29.0 Å². The Morgan fingerprint density at radius 3 is 2.76 bits per heavy atom. The van der Waals surface area contributed by atoms with Gasteiger partial charge in [-0.3, -0.25) is 4.98 Å². The molecule has 0 aliphatic heterocycles. The third-order valence-corrected chi connectivity index (χ3v) is 5.60. The van der Waals surface area contributed by atoms with Crippen LogP contribution in [0.2, 0.25) is 0 Å². The van der Waals surface area contributed by atoms with Crippen molar-refractivity contribution in [1.29, 1.82) is 0 Å². The minimum atomic E-state index is 0.339. The number of rotatable bonds is 4. The van der Waals surface area contributed by atoms with Crippen LogP contribution in [0.5, 0.6) is 0 Å². The number of fused-ring (bicyclic) bond motifs is 3. The first-order chi connectivity index (χ1) is 10.3. The summed E-state index contributed by atoms with van der Waals surface area (Å²) in [6, 6.07) is 8.46. The summed E-state index contributed by atoms with van der Waals surface area (Å²) in [6.07, 6.45) is 9.01. The third-order valence-electron chi connectivity index (χ3n) is 5.60. The van der Waals surface area contributed by atoms with Crippen molar-refractivity contribution in [2.24, 2.45) is 17.8 Å². The van der Waals surface area contributed by atoms with Crippen LogP contribution in [0.1, 0.15) is 43.8 Å². The fourth-order valence-electron chi connectivity index (χ4n) is 4.49. The first kappa shape index (κ1) is 13.2. The molecule has 0 radical (unpaired) electrons. The smallest absolute Gasteiger partial charge is 0.0890 e. The Morgan fingerprint density at radius 1 is 1.19 bits per heavy atom. The Hall–Kier alpha value is -1.48. The summed E-state index contributed by atoms with van der Waals surface area (Å²) in [5, 5.41) is 3.47. The van der Waals surface area contributed by atoms with E-state index in [9.17, 15) is 0 Å². The van der Waals surface area contributed by atoms with Crippen molar-refractivity contribution in [3.05, 3.63) is 36.2 Å². The van der Waals surface area contributed by atoms with Gasteiger partial charge < -0.3 is 5.32 Å². The highest BCUT2D eigenvalue weighted by Gasteiger charge is 2.40. The molecule has 1 aromatic carbocycles. The summed E-state index contributed by atoms with van der Waals surface area (Å²) in [7, 11) is 2.05. The van der Waals surface area contributed by atoms with E-state index in [2.05, 4.69) is 23.4 Å². The lowest BCUT2D eigenvalue weighted by Gasteiger charge is -2.26. The van der Waals surface area contributed by atoms with Crippen LogP contribution in [-0.2, 0) is 0 Å². The van der Waals surface area contributed by atoms with Crippen molar-refractivity contribution >= 4 is 11.0 Å². The molecule has 2 aromatic rings. The van der Waals surface area contributed by atoms with Gasteiger partial charge in [-0.1, -0.05) is 18.6 Å². The molecule has 2 saturated carbocycles. The standard InChI is InChI=1S/C18H23N3/c1-19-17(10-14-9-12-6-7-13(14)8-12)18-11-20-15-4-2-3-5-16(15)21-18/h2-5,11-14,17,19H,6-10H2,1H3. The lowest BCUT2D eigenvalue weighted by Crippen LogP contribution is -2.23. The molecule has 0 spiro atoms. The van der Waals surface area contributed by atoms with Crippen LogP contribution in [0.4, 0.5) is 0 Å². The van der Waals surface area contributed by atoms with E-state index in [4.69, 9.17) is 4.98 Å². The first-order valence-electron chi connectivity index (χ1n) is 8.22. The van der Waals surface area contributed by atoms with E-state index in [1.54, 1.807) is 0 Å². The largest absolute Gasteiger partial charge is 0.312 e. The van der Waals surface area contributed by atoms with Crippen LogP contribution in [0.3, 0.4) is 0 Å². The Morgan fingerprint density at radius 2 is 2.05 bits per heavy atom. The lowest BCUT2D eigenvalue weighted by atomic mass is 9.83. The number of nitrogens with zero attached hydrogens (tertiary/aromatic N) is 2. The Labute approximate surface area is 126 Å². The molecule has 2 aliphatic carbocycles. The van der Waals surface area contributed by atoms with Gasteiger partial charge in [0.2, 0.25) is 0 Å². The average Bonchev–Trinajstić information content (AvgIpc) is 3.15. The zero-order chi connectivity index (χ0) is 14.2. The van der Waals surface area contributed by atoms with E-state index in [0.29, 0.717) is 6.04 Å². The van der Waals surface area contributed by atoms with Crippen molar-refractivity contribution in [3.8, 4) is 0 Å². The molecule has 1 heterocycles. The number of aromatic nitrogens is 2. The van der Waals surface area contributed by atoms with E-state index >= 15 is 0 Å². The van der Waals surface area contributed by atoms with Crippen LogP contribution < -0.4 is 5.32 Å². The van der Waals surface area contributed by atoms with Gasteiger partial charge in [0, 0.05) is 0 Å². The van der Waals surface area contributed by atoms with Crippen molar-refractivity contribution in [1.82, 2.24) is 15.3 Å². The van der Waals surface area contributed by atoms with Crippen LogP contribution in [0.15, 0.2) is 30.5 Å². The Kier molecular flexibility index (Phi) is 3.38. The molecule has 4 unspecified atom stereocenters. The zero-order valence-corrected chi connectivity index (χ0v) is 12.6. The van der Waals surface area contributed by atoms with Crippen molar-refractivity contribution < 1.29 is 0 Å². The number of para-hydroxylation sites is 2. The molecule has 2 bridgehead atoms. The zero-order valence-electron chi connectivity index (χ0n) is 12.6. The molecule has 2 fully saturated rings. The fourth-order valence-corrected chi connectivity index (χ4v) is 4.49. The van der Waals surface area contributed by atoms with Crippen molar-refractivity contribution in [3.63, 3.8) is 0 Å². The monoisotopic (exact) mass is 281 g/mol. The normalized spacial score (nSPS) is 29.1. The second-order valence-corrected chi connectivity index (χ2v) is 6.80. The second kappa shape index (κ2) is 5.38. The molecule has 3 heteroatoms. The summed E-state index contributed by atoms with van der Waals surface area (Å²) in [5.74, 6) is 2.87. The topological polar surface area (TPSA) is 37.8 Å². The highest BCUT2D eigenvalue weighted by molar-refractivity contribution is 5.73. The molecular formula is C18H23N3. The van der Waals surface area contributed by atoms with Gasteiger partial charge in [0.1, 0.15) is 0 Å². The van der Waals surface area contributed by atoms with E-state index < -0.39 is 0 Å². The third kappa shape index (κ3) is 2.44. The maximum absolute atomic E-state index is 4.83. The predicted octanol–water partition coefficient (Wildman–Crippen LogP) is 3.72. The van der Waals surface area contributed by atoms with Gasteiger partial charge >= 0.3 is 0 Å². The van der Waals surface area contributed by atoms with Crippen LogP contribution >= 0.6 is 0 Å². The second-order valence-electron chi connectivity index (χ2n) is 6.80. The molecule has 0 saturated heterocycles. The van der Waals surface area contributed by atoms with Crippen LogP contribution in [-0.4, -0.2) is 17.0 Å².